The van der Waals surface area contributed by atoms with E-state index in [1.165, 1.54) is 0 Å². The molecule has 1 N–H and O–H groups in total. The van der Waals surface area contributed by atoms with Crippen LogP contribution in [0.2, 0.25) is 0 Å². The molecule has 2 aromatic rings. The monoisotopic (exact) mass is 291 g/mol. The van der Waals surface area contributed by atoms with E-state index in [1.54, 1.807) is 6.20 Å². The second-order valence-electron chi connectivity index (χ2n) is 5.17. The zero-order chi connectivity index (χ0) is 14.5. The maximum absolute atomic E-state index is 5.31. The number of pyridine rings is 1. The zero-order valence-corrected chi connectivity index (χ0v) is 13.0. The molecule has 6 heteroatoms. The molecule has 0 unspecified atom stereocenters. The SMILES string of the molecule is CC(C)N(C)CCCn1c(-c2cccnc2)n[nH]c1=S. The van der Waals surface area contributed by atoms with Crippen LogP contribution < -0.4 is 0 Å². The van der Waals surface area contributed by atoms with Gasteiger partial charge in [0.15, 0.2) is 10.6 Å². The van der Waals surface area contributed by atoms with Gasteiger partial charge in [0, 0.05) is 30.5 Å². The molecule has 2 aromatic heterocycles. The Labute approximate surface area is 124 Å². The van der Waals surface area contributed by atoms with Crippen LogP contribution in [0.3, 0.4) is 0 Å². The number of aromatic nitrogens is 4. The van der Waals surface area contributed by atoms with Crippen LogP contribution in [0.1, 0.15) is 20.3 Å². The van der Waals surface area contributed by atoms with Gasteiger partial charge in [-0.15, -0.1) is 0 Å². The third-order valence-corrected chi connectivity index (χ3v) is 3.76. The summed E-state index contributed by atoms with van der Waals surface area (Å²) in [6.45, 7) is 6.29. The summed E-state index contributed by atoms with van der Waals surface area (Å²) < 4.78 is 2.71. The molecule has 2 rings (SSSR count). The first-order valence-corrected chi connectivity index (χ1v) is 7.26. The summed E-state index contributed by atoms with van der Waals surface area (Å²) in [5.41, 5.74) is 0.983. The van der Waals surface area contributed by atoms with Crippen molar-refractivity contribution >= 4 is 12.2 Å². The Morgan fingerprint density at radius 3 is 2.90 bits per heavy atom. The van der Waals surface area contributed by atoms with Crippen molar-refractivity contribution in [2.24, 2.45) is 0 Å². The summed E-state index contributed by atoms with van der Waals surface area (Å²) in [5.74, 6) is 0.857. The van der Waals surface area contributed by atoms with Gasteiger partial charge in [-0.25, -0.2) is 0 Å². The molecule has 0 amide bonds. The Morgan fingerprint density at radius 1 is 1.45 bits per heavy atom. The highest BCUT2D eigenvalue weighted by Crippen LogP contribution is 2.16. The van der Waals surface area contributed by atoms with Crippen LogP contribution in [0.5, 0.6) is 0 Å². The summed E-state index contributed by atoms with van der Waals surface area (Å²) in [4.78, 5) is 6.46. The van der Waals surface area contributed by atoms with Crippen molar-refractivity contribution in [2.45, 2.75) is 32.9 Å². The van der Waals surface area contributed by atoms with E-state index in [9.17, 15) is 0 Å². The minimum Gasteiger partial charge on any atom is -0.304 e. The average Bonchev–Trinajstić information content (AvgIpc) is 2.81. The summed E-state index contributed by atoms with van der Waals surface area (Å²) in [5, 5.41) is 7.18. The molecular weight excluding hydrogens is 270 g/mol. The predicted octanol–water partition coefficient (Wildman–Crippen LogP) is 2.73. The normalized spacial score (nSPS) is 11.4. The van der Waals surface area contributed by atoms with Crippen LogP contribution in [-0.2, 0) is 6.54 Å². The molecule has 0 bridgehead atoms. The van der Waals surface area contributed by atoms with Crippen LogP contribution in [0.25, 0.3) is 11.4 Å². The number of hydrogen-bond donors (Lipinski definition) is 1. The molecule has 5 nitrogen and oxygen atoms in total. The quantitative estimate of drug-likeness (QED) is 0.831. The molecule has 0 aliphatic carbocycles. The van der Waals surface area contributed by atoms with Gasteiger partial charge in [-0.1, -0.05) is 0 Å². The molecule has 0 aliphatic heterocycles. The lowest BCUT2D eigenvalue weighted by atomic mass is 10.2. The van der Waals surface area contributed by atoms with E-state index in [0.717, 1.165) is 30.9 Å². The second-order valence-corrected chi connectivity index (χ2v) is 5.56. The Kier molecular flexibility index (Phi) is 5.03. The van der Waals surface area contributed by atoms with Crippen LogP contribution >= 0.6 is 12.2 Å². The summed E-state index contributed by atoms with van der Waals surface area (Å²) in [7, 11) is 2.14. The highest BCUT2D eigenvalue weighted by Gasteiger charge is 2.09. The summed E-state index contributed by atoms with van der Waals surface area (Å²) in [6, 6.07) is 4.46. The molecule has 0 saturated heterocycles. The molecule has 0 saturated carbocycles. The Morgan fingerprint density at radius 2 is 2.25 bits per heavy atom. The van der Waals surface area contributed by atoms with E-state index in [1.807, 2.05) is 22.9 Å². The first-order chi connectivity index (χ1) is 9.59. The largest absolute Gasteiger partial charge is 0.304 e. The van der Waals surface area contributed by atoms with Crippen molar-refractivity contribution < 1.29 is 0 Å². The first-order valence-electron chi connectivity index (χ1n) is 6.85. The number of nitrogens with one attached hydrogen (secondary N) is 1. The smallest absolute Gasteiger partial charge is 0.195 e. The van der Waals surface area contributed by atoms with E-state index < -0.39 is 0 Å². The predicted molar refractivity (Wildman–Crippen MR) is 83.0 cm³/mol. The van der Waals surface area contributed by atoms with Crippen molar-refractivity contribution in [2.75, 3.05) is 13.6 Å². The highest BCUT2D eigenvalue weighted by molar-refractivity contribution is 7.71. The van der Waals surface area contributed by atoms with Gasteiger partial charge >= 0.3 is 0 Å². The molecule has 2 heterocycles. The summed E-state index contributed by atoms with van der Waals surface area (Å²) in [6.07, 6.45) is 4.60. The standard InChI is InChI=1S/C14H21N5S/c1-11(2)18(3)8-5-9-19-13(16-17-14(19)20)12-6-4-7-15-10-12/h4,6-7,10-11H,5,8-9H2,1-3H3,(H,17,20). The molecule has 20 heavy (non-hydrogen) atoms. The molecule has 0 spiro atoms. The molecule has 0 aliphatic rings. The maximum atomic E-state index is 5.31. The summed E-state index contributed by atoms with van der Waals surface area (Å²) >= 11 is 5.31. The van der Waals surface area contributed by atoms with Crippen LogP contribution in [0.4, 0.5) is 0 Å². The highest BCUT2D eigenvalue weighted by atomic mass is 32.1. The number of nitrogens with zero attached hydrogens (tertiary/aromatic N) is 4. The Balaban J connectivity index is 2.09. The van der Waals surface area contributed by atoms with E-state index in [-0.39, 0.29) is 0 Å². The number of aromatic amines is 1. The van der Waals surface area contributed by atoms with E-state index in [4.69, 9.17) is 12.2 Å². The second kappa shape index (κ2) is 6.76. The minimum atomic E-state index is 0.560. The van der Waals surface area contributed by atoms with E-state index >= 15 is 0 Å². The van der Waals surface area contributed by atoms with Gasteiger partial charge in [-0.2, -0.15) is 5.10 Å². The lowest BCUT2D eigenvalue weighted by molar-refractivity contribution is 0.265. The van der Waals surface area contributed by atoms with Gasteiger partial charge in [0.1, 0.15) is 0 Å². The minimum absolute atomic E-state index is 0.560. The lowest BCUT2D eigenvalue weighted by Gasteiger charge is -2.20. The molecule has 108 valence electrons. The van der Waals surface area contributed by atoms with Gasteiger partial charge in [-0.05, 0) is 58.2 Å². The van der Waals surface area contributed by atoms with Crippen molar-refractivity contribution in [1.82, 2.24) is 24.6 Å². The van der Waals surface area contributed by atoms with Gasteiger partial charge in [0.25, 0.3) is 0 Å². The fourth-order valence-corrected chi connectivity index (χ4v) is 2.20. The zero-order valence-electron chi connectivity index (χ0n) is 12.2. The van der Waals surface area contributed by atoms with E-state index in [2.05, 4.69) is 41.0 Å². The molecular formula is C14H21N5S. The number of hydrogen-bond acceptors (Lipinski definition) is 4. The third-order valence-electron chi connectivity index (χ3n) is 3.45. The fraction of sp³-hybridized carbons (Fsp3) is 0.500. The van der Waals surface area contributed by atoms with Crippen molar-refractivity contribution in [3.05, 3.63) is 29.3 Å². The van der Waals surface area contributed by atoms with Crippen molar-refractivity contribution in [3.63, 3.8) is 0 Å². The van der Waals surface area contributed by atoms with Gasteiger partial charge < -0.3 is 9.47 Å². The van der Waals surface area contributed by atoms with E-state index in [0.29, 0.717) is 10.8 Å². The molecule has 0 fully saturated rings. The van der Waals surface area contributed by atoms with Crippen LogP contribution in [0.15, 0.2) is 24.5 Å². The van der Waals surface area contributed by atoms with Crippen LogP contribution in [-0.4, -0.2) is 44.3 Å². The Bertz CT molecular complexity index is 587. The van der Waals surface area contributed by atoms with Crippen molar-refractivity contribution in [1.29, 1.82) is 0 Å². The Hall–Kier alpha value is -1.53. The van der Waals surface area contributed by atoms with Crippen LogP contribution in [0, 0.1) is 4.77 Å². The fourth-order valence-electron chi connectivity index (χ4n) is 1.98. The third kappa shape index (κ3) is 3.52. The molecule has 0 radical (unpaired) electrons. The average molecular weight is 291 g/mol. The lowest BCUT2D eigenvalue weighted by Crippen LogP contribution is -2.28. The van der Waals surface area contributed by atoms with Gasteiger partial charge in [0.2, 0.25) is 0 Å². The van der Waals surface area contributed by atoms with Gasteiger partial charge in [-0.3, -0.25) is 10.1 Å². The number of rotatable bonds is 6. The maximum Gasteiger partial charge on any atom is 0.195 e. The van der Waals surface area contributed by atoms with Gasteiger partial charge in [0.05, 0.1) is 0 Å². The molecule has 0 atom stereocenters. The topological polar surface area (TPSA) is 49.7 Å². The first kappa shape index (κ1) is 14.9. The van der Waals surface area contributed by atoms with Crippen molar-refractivity contribution in [3.8, 4) is 11.4 Å². The number of H-pyrrole nitrogens is 1. The molecule has 0 aromatic carbocycles.